The zero-order valence-corrected chi connectivity index (χ0v) is 16.7. The molecule has 0 saturated heterocycles. The average molecular weight is 419 g/mol. The van der Waals surface area contributed by atoms with Gasteiger partial charge in [-0.25, -0.2) is 0 Å². The van der Waals surface area contributed by atoms with Crippen LogP contribution in [-0.4, -0.2) is 35.9 Å². The average Bonchev–Trinajstić information content (AvgIpc) is 2.64. The van der Waals surface area contributed by atoms with Gasteiger partial charge >= 0.3 is 0 Å². The van der Waals surface area contributed by atoms with Crippen LogP contribution in [0.1, 0.15) is 31.1 Å². The Morgan fingerprint density at radius 1 is 1.12 bits per heavy atom. The van der Waals surface area contributed by atoms with Crippen LogP contribution in [0.3, 0.4) is 0 Å². The van der Waals surface area contributed by atoms with Gasteiger partial charge in [0, 0.05) is 28.8 Å². The van der Waals surface area contributed by atoms with Crippen molar-refractivity contribution in [3.8, 4) is 5.75 Å². The maximum atomic E-state index is 12.4. The number of hydrogen-bond acceptors (Lipinski definition) is 3. The lowest BCUT2D eigenvalue weighted by Crippen LogP contribution is -2.31. The normalized spacial score (nSPS) is 11.5. The maximum absolute atomic E-state index is 12.4. The van der Waals surface area contributed by atoms with Crippen LogP contribution in [0.25, 0.3) is 0 Å². The number of anilines is 1. The van der Waals surface area contributed by atoms with Gasteiger partial charge in [0.15, 0.2) is 6.10 Å². The summed E-state index contributed by atoms with van der Waals surface area (Å²) in [6.45, 7) is 6.85. The number of ether oxygens (including phenoxy) is 1. The molecule has 6 heteroatoms. The Balaban J connectivity index is 2.03. The minimum atomic E-state index is -0.668. The third kappa shape index (κ3) is 5.33. The van der Waals surface area contributed by atoms with Crippen molar-refractivity contribution in [1.29, 1.82) is 0 Å². The molecule has 2 aromatic carbocycles. The van der Waals surface area contributed by atoms with Crippen LogP contribution in [0.15, 0.2) is 53.0 Å². The number of amides is 2. The van der Waals surface area contributed by atoms with Crippen molar-refractivity contribution in [1.82, 2.24) is 4.90 Å². The maximum Gasteiger partial charge on any atom is 0.265 e. The minimum Gasteiger partial charge on any atom is -0.481 e. The van der Waals surface area contributed by atoms with Crippen molar-refractivity contribution in [2.24, 2.45) is 0 Å². The molecule has 0 aliphatic heterocycles. The molecule has 2 aromatic rings. The molecule has 0 spiro atoms. The molecule has 5 nitrogen and oxygen atoms in total. The van der Waals surface area contributed by atoms with Crippen molar-refractivity contribution in [2.45, 2.75) is 26.9 Å². The number of nitrogens with one attached hydrogen (secondary N) is 1. The van der Waals surface area contributed by atoms with E-state index < -0.39 is 6.10 Å². The summed E-state index contributed by atoms with van der Waals surface area (Å²) in [6, 6.07) is 14.2. The molecule has 26 heavy (non-hydrogen) atoms. The van der Waals surface area contributed by atoms with Crippen LogP contribution < -0.4 is 10.1 Å². The number of benzene rings is 2. The van der Waals surface area contributed by atoms with Gasteiger partial charge in [-0.3, -0.25) is 9.59 Å². The second-order valence-corrected chi connectivity index (χ2v) is 6.68. The van der Waals surface area contributed by atoms with E-state index in [2.05, 4.69) is 21.2 Å². The summed E-state index contributed by atoms with van der Waals surface area (Å²) in [5, 5.41) is 2.80. The van der Waals surface area contributed by atoms with Crippen LogP contribution in [0.5, 0.6) is 5.75 Å². The van der Waals surface area contributed by atoms with E-state index in [1.807, 2.05) is 26.0 Å². The van der Waals surface area contributed by atoms with Gasteiger partial charge in [0.2, 0.25) is 0 Å². The van der Waals surface area contributed by atoms with E-state index in [0.717, 1.165) is 4.47 Å². The topological polar surface area (TPSA) is 58.6 Å². The Morgan fingerprint density at radius 2 is 1.77 bits per heavy atom. The van der Waals surface area contributed by atoms with Gasteiger partial charge in [-0.05, 0) is 63.2 Å². The first-order chi connectivity index (χ1) is 12.4. The van der Waals surface area contributed by atoms with Crippen molar-refractivity contribution < 1.29 is 14.3 Å². The molecule has 0 fully saturated rings. The molecular formula is C20H23BrN2O3. The lowest BCUT2D eigenvalue weighted by Gasteiger charge is -2.19. The summed E-state index contributed by atoms with van der Waals surface area (Å²) in [5.74, 6) is 0.284. The fourth-order valence-corrected chi connectivity index (χ4v) is 2.70. The highest BCUT2D eigenvalue weighted by molar-refractivity contribution is 9.10. The highest BCUT2D eigenvalue weighted by atomic mass is 79.9. The summed E-state index contributed by atoms with van der Waals surface area (Å²) in [4.78, 5) is 26.5. The third-order valence-corrected chi connectivity index (χ3v) is 4.45. The van der Waals surface area contributed by atoms with Gasteiger partial charge in [-0.15, -0.1) is 0 Å². The quantitative estimate of drug-likeness (QED) is 0.727. The Hall–Kier alpha value is -2.34. The van der Waals surface area contributed by atoms with Crippen LogP contribution >= 0.6 is 15.9 Å². The highest BCUT2D eigenvalue weighted by Crippen LogP contribution is 2.18. The summed E-state index contributed by atoms with van der Waals surface area (Å²) < 4.78 is 6.59. The van der Waals surface area contributed by atoms with Crippen molar-refractivity contribution in [2.75, 3.05) is 18.4 Å². The first-order valence-corrected chi connectivity index (χ1v) is 9.36. The van der Waals surface area contributed by atoms with Crippen molar-refractivity contribution >= 4 is 33.4 Å². The highest BCUT2D eigenvalue weighted by Gasteiger charge is 2.17. The van der Waals surface area contributed by atoms with Crippen molar-refractivity contribution in [3.63, 3.8) is 0 Å². The second kappa shape index (κ2) is 9.38. The summed E-state index contributed by atoms with van der Waals surface area (Å²) in [7, 11) is 0. The largest absolute Gasteiger partial charge is 0.481 e. The molecule has 1 atom stereocenters. The Bertz CT molecular complexity index is 758. The van der Waals surface area contributed by atoms with E-state index in [9.17, 15) is 9.59 Å². The van der Waals surface area contributed by atoms with E-state index >= 15 is 0 Å². The standard InChI is InChI=1S/C20H23BrN2O3/c1-4-23(5-2)20(25)15-7-6-8-17(13-15)22-19(24)14(3)26-18-11-9-16(21)10-12-18/h6-14H,4-5H2,1-3H3,(H,22,24). The minimum absolute atomic E-state index is 0.0507. The molecule has 2 amide bonds. The zero-order chi connectivity index (χ0) is 19.1. The lowest BCUT2D eigenvalue weighted by atomic mass is 10.1. The first kappa shape index (κ1) is 20.0. The number of carbonyl (C=O) groups excluding carboxylic acids is 2. The third-order valence-electron chi connectivity index (χ3n) is 3.92. The van der Waals surface area contributed by atoms with E-state index in [1.54, 1.807) is 48.2 Å². The van der Waals surface area contributed by atoms with E-state index in [4.69, 9.17) is 4.74 Å². The predicted molar refractivity (Wildman–Crippen MR) is 107 cm³/mol. The molecule has 0 heterocycles. The Kier molecular flexibility index (Phi) is 7.21. The van der Waals surface area contributed by atoms with E-state index in [-0.39, 0.29) is 11.8 Å². The SMILES string of the molecule is CCN(CC)C(=O)c1cccc(NC(=O)C(C)Oc2ccc(Br)cc2)c1. The van der Waals surface area contributed by atoms with Crippen LogP contribution in [-0.2, 0) is 4.79 Å². The fraction of sp³-hybridized carbons (Fsp3) is 0.300. The molecule has 2 rings (SSSR count). The van der Waals surface area contributed by atoms with Crippen molar-refractivity contribution in [3.05, 3.63) is 58.6 Å². The molecule has 0 bridgehead atoms. The molecule has 138 valence electrons. The van der Waals surface area contributed by atoms with Crippen LogP contribution in [0, 0.1) is 0 Å². The van der Waals surface area contributed by atoms with Gasteiger partial charge in [0.25, 0.3) is 11.8 Å². The monoisotopic (exact) mass is 418 g/mol. The Labute approximate surface area is 162 Å². The molecule has 1 unspecified atom stereocenters. The van der Waals surface area contributed by atoms with Gasteiger partial charge in [0.1, 0.15) is 5.75 Å². The fourth-order valence-electron chi connectivity index (χ4n) is 2.44. The van der Waals surface area contributed by atoms with Gasteiger partial charge in [0.05, 0.1) is 0 Å². The molecule has 0 saturated carbocycles. The number of carbonyl (C=O) groups is 2. The van der Waals surface area contributed by atoms with E-state index in [1.165, 1.54) is 0 Å². The van der Waals surface area contributed by atoms with Gasteiger partial charge in [-0.1, -0.05) is 22.0 Å². The predicted octanol–water partition coefficient (Wildman–Crippen LogP) is 4.34. The zero-order valence-electron chi connectivity index (χ0n) is 15.2. The smallest absolute Gasteiger partial charge is 0.265 e. The number of halogens is 1. The second-order valence-electron chi connectivity index (χ2n) is 5.76. The summed E-state index contributed by atoms with van der Waals surface area (Å²) >= 11 is 3.36. The molecule has 1 N–H and O–H groups in total. The van der Waals surface area contributed by atoms with Crippen LogP contribution in [0.2, 0.25) is 0 Å². The van der Waals surface area contributed by atoms with Gasteiger partial charge in [-0.2, -0.15) is 0 Å². The Morgan fingerprint density at radius 3 is 2.38 bits per heavy atom. The first-order valence-electron chi connectivity index (χ1n) is 8.57. The molecule has 0 radical (unpaired) electrons. The van der Waals surface area contributed by atoms with Gasteiger partial charge < -0.3 is 15.0 Å². The summed E-state index contributed by atoms with van der Waals surface area (Å²) in [5.41, 5.74) is 1.12. The molecular weight excluding hydrogens is 396 g/mol. The van der Waals surface area contributed by atoms with E-state index in [0.29, 0.717) is 30.1 Å². The number of rotatable bonds is 7. The molecule has 0 aliphatic rings. The molecule has 0 aliphatic carbocycles. The number of hydrogen-bond donors (Lipinski definition) is 1. The summed E-state index contributed by atoms with van der Waals surface area (Å²) in [6.07, 6.45) is -0.668. The van der Waals surface area contributed by atoms with Crippen LogP contribution in [0.4, 0.5) is 5.69 Å². The lowest BCUT2D eigenvalue weighted by molar-refractivity contribution is -0.122. The molecule has 0 aromatic heterocycles. The number of nitrogens with zero attached hydrogens (tertiary/aromatic N) is 1.